The average Bonchev–Trinajstić information content (AvgIpc) is 3.15. The molecule has 154 valence electrons. The molecule has 0 unspecified atom stereocenters. The van der Waals surface area contributed by atoms with Gasteiger partial charge in [0, 0.05) is 23.3 Å². The minimum atomic E-state index is -4.57. The Morgan fingerprint density at radius 3 is 2.60 bits per heavy atom. The number of halogens is 4. The van der Waals surface area contributed by atoms with E-state index in [1.54, 1.807) is 6.07 Å². The number of nitrogens with one attached hydrogen (secondary N) is 1. The van der Waals surface area contributed by atoms with Gasteiger partial charge in [-0.2, -0.15) is 18.3 Å². The molecule has 0 saturated heterocycles. The molecule has 0 fully saturated rings. The van der Waals surface area contributed by atoms with Crippen molar-refractivity contribution < 1.29 is 27.3 Å². The zero-order valence-corrected chi connectivity index (χ0v) is 15.6. The Bertz CT molecular complexity index is 1140. The highest BCUT2D eigenvalue weighted by Crippen LogP contribution is 2.32. The normalized spacial score (nSPS) is 11.6. The van der Waals surface area contributed by atoms with Crippen LogP contribution in [0.25, 0.3) is 11.3 Å². The molecule has 1 N–H and O–H groups in total. The van der Waals surface area contributed by atoms with Gasteiger partial charge in [0.1, 0.15) is 11.5 Å². The standard InChI is InChI=1S/C19H11ClF3N3O4/c20-16-9-13(26(28)29)4-6-15(16)17-7-5-14(30-17)10-24-25-18(27)11-2-1-3-12(8-11)19(21,22)23/h1-10H,(H,25,27)/b24-10-. The second-order valence-corrected chi connectivity index (χ2v) is 6.31. The van der Waals surface area contributed by atoms with E-state index in [4.69, 9.17) is 16.0 Å². The van der Waals surface area contributed by atoms with Crippen molar-refractivity contribution in [3.63, 3.8) is 0 Å². The van der Waals surface area contributed by atoms with Gasteiger partial charge in [0.25, 0.3) is 11.6 Å². The van der Waals surface area contributed by atoms with Crippen molar-refractivity contribution in [2.24, 2.45) is 5.10 Å². The van der Waals surface area contributed by atoms with Crippen molar-refractivity contribution in [3.05, 3.63) is 86.6 Å². The third-order valence-electron chi connectivity index (χ3n) is 3.87. The summed E-state index contributed by atoms with van der Waals surface area (Å²) in [6.45, 7) is 0. The molecule has 7 nitrogen and oxygen atoms in total. The van der Waals surface area contributed by atoms with E-state index in [1.165, 1.54) is 30.3 Å². The van der Waals surface area contributed by atoms with Gasteiger partial charge in [0.15, 0.2) is 0 Å². The molecule has 0 atom stereocenters. The third kappa shape index (κ3) is 4.84. The van der Waals surface area contributed by atoms with Crippen molar-refractivity contribution in [3.8, 4) is 11.3 Å². The fraction of sp³-hybridized carbons (Fsp3) is 0.0526. The molecule has 0 bridgehead atoms. The van der Waals surface area contributed by atoms with E-state index in [0.717, 1.165) is 18.3 Å². The lowest BCUT2D eigenvalue weighted by molar-refractivity contribution is -0.384. The molecule has 3 rings (SSSR count). The lowest BCUT2D eigenvalue weighted by Gasteiger charge is -2.07. The van der Waals surface area contributed by atoms with Crippen LogP contribution in [0, 0.1) is 10.1 Å². The summed E-state index contributed by atoms with van der Waals surface area (Å²) in [5.41, 5.74) is 1.19. The van der Waals surface area contributed by atoms with Gasteiger partial charge in [0.05, 0.1) is 21.7 Å². The van der Waals surface area contributed by atoms with E-state index in [-0.39, 0.29) is 22.0 Å². The van der Waals surface area contributed by atoms with E-state index >= 15 is 0 Å². The van der Waals surface area contributed by atoms with E-state index in [2.05, 4.69) is 10.5 Å². The van der Waals surface area contributed by atoms with Crippen LogP contribution in [-0.2, 0) is 6.18 Å². The van der Waals surface area contributed by atoms with E-state index in [9.17, 15) is 28.1 Å². The Morgan fingerprint density at radius 1 is 1.17 bits per heavy atom. The molecule has 11 heteroatoms. The quantitative estimate of drug-likeness (QED) is 0.333. The van der Waals surface area contributed by atoms with E-state index in [0.29, 0.717) is 17.4 Å². The lowest BCUT2D eigenvalue weighted by atomic mass is 10.1. The van der Waals surface area contributed by atoms with Crippen LogP contribution < -0.4 is 5.43 Å². The van der Waals surface area contributed by atoms with Gasteiger partial charge in [-0.05, 0) is 36.4 Å². The maximum Gasteiger partial charge on any atom is 0.416 e. The summed E-state index contributed by atoms with van der Waals surface area (Å²) < 4.78 is 43.7. The maximum atomic E-state index is 12.7. The molecule has 0 aliphatic carbocycles. The molecule has 0 saturated carbocycles. The predicted octanol–water partition coefficient (Wildman–Crippen LogP) is 5.29. The number of alkyl halides is 3. The summed E-state index contributed by atoms with van der Waals surface area (Å²) in [5.74, 6) is -0.313. The predicted molar refractivity (Wildman–Crippen MR) is 102 cm³/mol. The number of hydrogen-bond donors (Lipinski definition) is 1. The molecule has 1 amide bonds. The highest BCUT2D eigenvalue weighted by Gasteiger charge is 2.30. The molecule has 2 aromatic carbocycles. The minimum Gasteiger partial charge on any atom is -0.455 e. The van der Waals surface area contributed by atoms with Crippen molar-refractivity contribution in [1.82, 2.24) is 5.43 Å². The van der Waals surface area contributed by atoms with Gasteiger partial charge in [-0.1, -0.05) is 17.7 Å². The zero-order chi connectivity index (χ0) is 21.9. The molecule has 0 spiro atoms. The smallest absolute Gasteiger partial charge is 0.416 e. The van der Waals surface area contributed by atoms with Crippen LogP contribution in [0.15, 0.2) is 64.1 Å². The molecule has 1 heterocycles. The van der Waals surface area contributed by atoms with E-state index < -0.39 is 22.6 Å². The number of rotatable bonds is 5. The Labute approximate surface area is 171 Å². The summed E-state index contributed by atoms with van der Waals surface area (Å²) in [4.78, 5) is 22.2. The fourth-order valence-corrected chi connectivity index (χ4v) is 2.71. The first-order valence-electron chi connectivity index (χ1n) is 8.20. The number of carbonyl (C=O) groups excluding carboxylic acids is 1. The lowest BCUT2D eigenvalue weighted by Crippen LogP contribution is -2.18. The number of hydrogen-bond acceptors (Lipinski definition) is 5. The Morgan fingerprint density at radius 2 is 1.93 bits per heavy atom. The number of carbonyl (C=O) groups is 1. The van der Waals surface area contributed by atoms with E-state index in [1.807, 2.05) is 0 Å². The van der Waals surface area contributed by atoms with Crippen LogP contribution in [0.4, 0.5) is 18.9 Å². The van der Waals surface area contributed by atoms with Gasteiger partial charge in [-0.15, -0.1) is 0 Å². The van der Waals surface area contributed by atoms with Crippen molar-refractivity contribution >= 4 is 29.4 Å². The molecule has 0 aliphatic heterocycles. The molecular weight excluding hydrogens is 427 g/mol. The number of amides is 1. The first-order chi connectivity index (χ1) is 14.1. The number of non-ortho nitro benzene ring substituents is 1. The van der Waals surface area contributed by atoms with Gasteiger partial charge in [-0.25, -0.2) is 5.43 Å². The van der Waals surface area contributed by atoms with Crippen LogP contribution in [-0.4, -0.2) is 17.0 Å². The van der Waals surface area contributed by atoms with Gasteiger partial charge < -0.3 is 4.42 Å². The SMILES string of the molecule is O=C(N/N=C\c1ccc(-c2ccc([N+](=O)[O-])cc2Cl)o1)c1cccc(C(F)(F)F)c1. The summed E-state index contributed by atoms with van der Waals surface area (Å²) >= 11 is 6.04. The number of furan rings is 1. The second kappa shape index (κ2) is 8.37. The highest BCUT2D eigenvalue weighted by atomic mass is 35.5. The zero-order valence-electron chi connectivity index (χ0n) is 14.8. The van der Waals surface area contributed by atoms with Crippen LogP contribution in [0.1, 0.15) is 21.7 Å². The topological polar surface area (TPSA) is 97.7 Å². The van der Waals surface area contributed by atoms with Crippen molar-refractivity contribution in [2.45, 2.75) is 6.18 Å². The molecule has 0 radical (unpaired) electrons. The first-order valence-corrected chi connectivity index (χ1v) is 8.58. The van der Waals surface area contributed by atoms with Gasteiger partial charge in [0.2, 0.25) is 0 Å². The van der Waals surface area contributed by atoms with Crippen molar-refractivity contribution in [2.75, 3.05) is 0 Å². The fourth-order valence-electron chi connectivity index (χ4n) is 2.44. The number of nitrogens with zero attached hydrogens (tertiary/aromatic N) is 2. The summed E-state index contributed by atoms with van der Waals surface area (Å²) in [5, 5.41) is 14.5. The Hall–Kier alpha value is -3.66. The Balaban J connectivity index is 1.69. The minimum absolute atomic E-state index is 0.111. The monoisotopic (exact) mass is 437 g/mol. The van der Waals surface area contributed by atoms with Crippen molar-refractivity contribution in [1.29, 1.82) is 0 Å². The average molecular weight is 438 g/mol. The van der Waals surface area contributed by atoms with Gasteiger partial charge >= 0.3 is 6.18 Å². The largest absolute Gasteiger partial charge is 0.455 e. The number of hydrazone groups is 1. The Kier molecular flexibility index (Phi) is 5.88. The van der Waals surface area contributed by atoms with Crippen LogP contribution in [0.2, 0.25) is 5.02 Å². The molecule has 30 heavy (non-hydrogen) atoms. The van der Waals surface area contributed by atoms with Crippen LogP contribution >= 0.6 is 11.6 Å². The molecule has 3 aromatic rings. The third-order valence-corrected chi connectivity index (χ3v) is 4.18. The first kappa shape index (κ1) is 21.1. The van der Waals surface area contributed by atoms with Gasteiger partial charge in [-0.3, -0.25) is 14.9 Å². The number of nitro groups is 1. The maximum absolute atomic E-state index is 12.7. The molecular formula is C19H11ClF3N3O4. The summed E-state index contributed by atoms with van der Waals surface area (Å²) in [6.07, 6.45) is -3.42. The van der Waals surface area contributed by atoms with Crippen LogP contribution in [0.5, 0.6) is 0 Å². The molecule has 1 aromatic heterocycles. The number of benzene rings is 2. The number of nitro benzene ring substituents is 1. The molecule has 0 aliphatic rings. The highest BCUT2D eigenvalue weighted by molar-refractivity contribution is 6.33. The second-order valence-electron chi connectivity index (χ2n) is 5.90. The summed E-state index contributed by atoms with van der Waals surface area (Å²) in [7, 11) is 0. The summed E-state index contributed by atoms with van der Waals surface area (Å²) in [6, 6.07) is 10.8. The van der Waals surface area contributed by atoms with Crippen LogP contribution in [0.3, 0.4) is 0 Å².